The van der Waals surface area contributed by atoms with E-state index >= 15 is 0 Å². The second-order valence-corrected chi connectivity index (χ2v) is 16.8. The normalized spacial score (nSPS) is 11.6. The average molecular weight is 796 g/mol. The number of hydrogen-bond acceptors (Lipinski definition) is 3. The van der Waals surface area contributed by atoms with Crippen molar-refractivity contribution in [3.8, 4) is 44.5 Å². The Hall–Kier alpha value is -7.72. The van der Waals surface area contributed by atoms with Crippen molar-refractivity contribution in [1.82, 2.24) is 0 Å². The molecule has 0 aliphatic carbocycles. The minimum absolute atomic E-state index is 0.908. The van der Waals surface area contributed by atoms with Crippen LogP contribution < -0.4 is 4.90 Å². The summed E-state index contributed by atoms with van der Waals surface area (Å²) in [6, 6.07) is 81.3. The van der Waals surface area contributed by atoms with Gasteiger partial charge in [0.05, 0.1) is 5.69 Å². The first-order valence-corrected chi connectivity index (χ1v) is 21.5. The van der Waals surface area contributed by atoms with Crippen molar-refractivity contribution in [2.45, 2.75) is 0 Å². The van der Waals surface area contributed by atoms with Crippen molar-refractivity contribution in [3.05, 3.63) is 224 Å². The maximum Gasteiger partial charge on any atom is 0.135 e. The summed E-state index contributed by atoms with van der Waals surface area (Å²) < 4.78 is 8.71. The minimum Gasteiger partial charge on any atom is -0.456 e. The smallest absolute Gasteiger partial charge is 0.135 e. The van der Waals surface area contributed by atoms with Crippen molar-refractivity contribution >= 4 is 81.3 Å². The molecule has 2 heterocycles. The predicted molar refractivity (Wildman–Crippen MR) is 261 cm³/mol. The van der Waals surface area contributed by atoms with Crippen molar-refractivity contribution in [2.24, 2.45) is 0 Å². The Morgan fingerprint density at radius 2 is 0.820 bits per heavy atom. The molecule has 12 aromatic rings. The highest BCUT2D eigenvalue weighted by atomic mass is 32.1. The summed E-state index contributed by atoms with van der Waals surface area (Å²) in [5.74, 6) is 0. The third-order valence-corrected chi connectivity index (χ3v) is 13.2. The first-order chi connectivity index (χ1) is 30.2. The molecule has 0 bridgehead atoms. The highest BCUT2D eigenvalue weighted by Crippen LogP contribution is 2.45. The van der Waals surface area contributed by atoms with Gasteiger partial charge >= 0.3 is 0 Å². The van der Waals surface area contributed by atoms with Gasteiger partial charge in [0, 0.05) is 42.3 Å². The molecule has 12 rings (SSSR count). The van der Waals surface area contributed by atoms with Gasteiger partial charge in [0.2, 0.25) is 0 Å². The van der Waals surface area contributed by atoms with Gasteiger partial charge in [-0.3, -0.25) is 0 Å². The van der Waals surface area contributed by atoms with Crippen LogP contribution in [0.25, 0.3) is 97.4 Å². The second kappa shape index (κ2) is 14.5. The van der Waals surface area contributed by atoms with E-state index in [2.05, 4.69) is 217 Å². The third-order valence-electron chi connectivity index (χ3n) is 12.1. The Labute approximate surface area is 357 Å². The maximum absolute atomic E-state index is 6.14. The van der Waals surface area contributed by atoms with Crippen LogP contribution in [0.5, 0.6) is 0 Å². The molecule has 61 heavy (non-hydrogen) atoms. The largest absolute Gasteiger partial charge is 0.456 e. The molecular weight excluding hydrogens is 759 g/mol. The third kappa shape index (κ3) is 6.26. The average Bonchev–Trinajstić information content (AvgIpc) is 3.91. The molecule has 0 spiro atoms. The fraction of sp³-hybridized carbons (Fsp3) is 0. The van der Waals surface area contributed by atoms with E-state index in [1.807, 2.05) is 23.5 Å². The quantitative estimate of drug-likeness (QED) is 0.160. The minimum atomic E-state index is 0.908. The van der Waals surface area contributed by atoms with Crippen LogP contribution in [-0.4, -0.2) is 0 Å². The number of anilines is 3. The molecule has 0 N–H and O–H groups in total. The molecule has 0 atom stereocenters. The molecule has 0 fully saturated rings. The number of thiophene rings is 1. The molecule has 0 radical (unpaired) electrons. The maximum atomic E-state index is 6.14. The summed E-state index contributed by atoms with van der Waals surface area (Å²) in [6.07, 6.45) is 0. The molecule has 2 aromatic heterocycles. The van der Waals surface area contributed by atoms with E-state index in [4.69, 9.17) is 4.42 Å². The molecule has 0 saturated carbocycles. The Morgan fingerprint density at radius 3 is 1.54 bits per heavy atom. The molecule has 3 heteroatoms. The van der Waals surface area contributed by atoms with Crippen LogP contribution in [-0.2, 0) is 0 Å². The predicted octanol–water partition coefficient (Wildman–Crippen LogP) is 17.2. The van der Waals surface area contributed by atoms with E-state index in [-0.39, 0.29) is 0 Å². The van der Waals surface area contributed by atoms with Crippen LogP contribution >= 0.6 is 11.3 Å². The molecule has 2 nitrogen and oxygen atoms in total. The molecule has 10 aromatic carbocycles. The molecule has 0 saturated heterocycles. The fourth-order valence-electron chi connectivity index (χ4n) is 9.01. The van der Waals surface area contributed by atoms with Crippen LogP contribution in [0.1, 0.15) is 0 Å². The van der Waals surface area contributed by atoms with E-state index in [1.165, 1.54) is 64.3 Å². The van der Waals surface area contributed by atoms with Crippen LogP contribution in [0.3, 0.4) is 0 Å². The summed E-state index contributed by atoms with van der Waals surface area (Å²) in [7, 11) is 0. The summed E-state index contributed by atoms with van der Waals surface area (Å²) in [4.78, 5) is 2.41. The second-order valence-electron chi connectivity index (χ2n) is 15.7. The Bertz CT molecular complexity index is 3590. The standard InChI is InChI=1S/C58H37NOS/c1-2-11-41-35-46(23-22-38(41)10-1)45-15-8-14-44(36-45)43-13-7-12-42(34-43)39-24-29-48(30-25-39)59(53-18-9-21-57-58(53)51-17-4-6-20-56(51)61-57)49-31-26-40(27-32-49)47-28-33-55-52(37-47)50-16-3-5-19-54(50)60-55/h1-37H. The van der Waals surface area contributed by atoms with E-state index in [0.717, 1.165) is 50.1 Å². The van der Waals surface area contributed by atoms with Gasteiger partial charge in [-0.15, -0.1) is 11.3 Å². The zero-order valence-corrected chi connectivity index (χ0v) is 33.9. The number of benzene rings is 10. The summed E-state index contributed by atoms with van der Waals surface area (Å²) >= 11 is 1.85. The lowest BCUT2D eigenvalue weighted by Crippen LogP contribution is -2.10. The highest BCUT2D eigenvalue weighted by Gasteiger charge is 2.19. The van der Waals surface area contributed by atoms with Crippen molar-refractivity contribution < 1.29 is 4.42 Å². The summed E-state index contributed by atoms with van der Waals surface area (Å²) in [5, 5.41) is 7.33. The zero-order chi connectivity index (χ0) is 40.3. The van der Waals surface area contributed by atoms with Crippen molar-refractivity contribution in [1.29, 1.82) is 0 Å². The molecule has 0 amide bonds. The van der Waals surface area contributed by atoms with Crippen molar-refractivity contribution in [2.75, 3.05) is 4.90 Å². The van der Waals surface area contributed by atoms with Gasteiger partial charge in [-0.2, -0.15) is 0 Å². The van der Waals surface area contributed by atoms with Gasteiger partial charge in [-0.25, -0.2) is 0 Å². The molecule has 0 aliphatic rings. The van der Waals surface area contributed by atoms with Crippen LogP contribution in [0.2, 0.25) is 0 Å². The lowest BCUT2D eigenvalue weighted by Gasteiger charge is -2.27. The summed E-state index contributed by atoms with van der Waals surface area (Å²) in [5.41, 5.74) is 14.7. The van der Waals surface area contributed by atoms with Gasteiger partial charge in [0.15, 0.2) is 0 Å². The highest BCUT2D eigenvalue weighted by molar-refractivity contribution is 7.26. The van der Waals surface area contributed by atoms with Gasteiger partial charge in [0.1, 0.15) is 11.2 Å². The van der Waals surface area contributed by atoms with E-state index in [9.17, 15) is 0 Å². The SMILES string of the molecule is c1cc(-c2ccc(N(c3ccc(-c4ccc5oc6ccccc6c5c4)cc3)c3cccc4sc5ccccc5c34)cc2)cc(-c2cccc(-c3ccc4ccccc4c3)c2)c1. The Kier molecular flexibility index (Phi) is 8.39. The topological polar surface area (TPSA) is 16.4 Å². The number of nitrogens with zero attached hydrogens (tertiary/aromatic N) is 1. The number of hydrogen-bond donors (Lipinski definition) is 0. The first-order valence-electron chi connectivity index (χ1n) is 20.7. The number of furan rings is 1. The zero-order valence-electron chi connectivity index (χ0n) is 33.1. The molecule has 0 aliphatic heterocycles. The van der Waals surface area contributed by atoms with E-state index in [0.29, 0.717) is 0 Å². The lowest BCUT2D eigenvalue weighted by molar-refractivity contribution is 0.669. The summed E-state index contributed by atoms with van der Waals surface area (Å²) in [6.45, 7) is 0. The number of para-hydroxylation sites is 1. The molecular formula is C58H37NOS. The van der Waals surface area contributed by atoms with Gasteiger partial charge in [-0.05, 0) is 134 Å². The fourth-order valence-corrected chi connectivity index (χ4v) is 10.1. The molecule has 0 unspecified atom stereocenters. The monoisotopic (exact) mass is 795 g/mol. The number of rotatable bonds is 7. The van der Waals surface area contributed by atoms with Crippen molar-refractivity contribution in [3.63, 3.8) is 0 Å². The lowest BCUT2D eigenvalue weighted by atomic mass is 9.95. The Morgan fingerprint density at radius 1 is 0.311 bits per heavy atom. The first kappa shape index (κ1) is 35.2. The van der Waals surface area contributed by atoms with Gasteiger partial charge in [-0.1, -0.05) is 146 Å². The van der Waals surface area contributed by atoms with Crippen LogP contribution in [0.15, 0.2) is 229 Å². The Balaban J connectivity index is 0.914. The molecule has 286 valence electrons. The van der Waals surface area contributed by atoms with Crippen LogP contribution in [0, 0.1) is 0 Å². The van der Waals surface area contributed by atoms with E-state index in [1.54, 1.807) is 0 Å². The van der Waals surface area contributed by atoms with Gasteiger partial charge < -0.3 is 9.32 Å². The van der Waals surface area contributed by atoms with Crippen LogP contribution in [0.4, 0.5) is 17.1 Å². The number of fused-ring (bicyclic) bond motifs is 7. The van der Waals surface area contributed by atoms with Gasteiger partial charge in [0.25, 0.3) is 0 Å². The van der Waals surface area contributed by atoms with E-state index < -0.39 is 0 Å².